The Labute approximate surface area is 123 Å². The SMILES string of the molecule is COC(=O)c1ccc2nc(-c3ccc(Br)cc3)nn2c1. The molecular formula is C14H10BrN3O2. The summed E-state index contributed by atoms with van der Waals surface area (Å²) in [7, 11) is 1.35. The molecule has 3 rings (SSSR count). The molecule has 3 aromatic rings. The average Bonchev–Trinajstić information content (AvgIpc) is 2.90. The first-order valence-corrected chi connectivity index (χ1v) is 6.67. The van der Waals surface area contributed by atoms with Gasteiger partial charge in [-0.15, -0.1) is 5.10 Å². The minimum atomic E-state index is -0.396. The van der Waals surface area contributed by atoms with Crippen molar-refractivity contribution in [1.29, 1.82) is 0 Å². The van der Waals surface area contributed by atoms with Crippen molar-refractivity contribution >= 4 is 27.5 Å². The predicted molar refractivity (Wildman–Crippen MR) is 77.5 cm³/mol. The van der Waals surface area contributed by atoms with Gasteiger partial charge in [0, 0.05) is 16.2 Å². The first kappa shape index (κ1) is 12.8. The number of hydrogen-bond donors (Lipinski definition) is 0. The van der Waals surface area contributed by atoms with Crippen molar-refractivity contribution in [3.8, 4) is 11.4 Å². The van der Waals surface area contributed by atoms with E-state index in [4.69, 9.17) is 0 Å². The van der Waals surface area contributed by atoms with Gasteiger partial charge in [0.1, 0.15) is 0 Å². The Morgan fingerprint density at radius 2 is 1.95 bits per heavy atom. The normalized spacial score (nSPS) is 10.7. The van der Waals surface area contributed by atoms with E-state index in [9.17, 15) is 4.79 Å². The number of esters is 1. The summed E-state index contributed by atoms with van der Waals surface area (Å²) in [5.74, 6) is 0.215. The number of hydrogen-bond acceptors (Lipinski definition) is 4. The third-order valence-electron chi connectivity index (χ3n) is 2.85. The molecule has 0 saturated heterocycles. The van der Waals surface area contributed by atoms with E-state index in [1.807, 2.05) is 24.3 Å². The van der Waals surface area contributed by atoms with Crippen LogP contribution >= 0.6 is 15.9 Å². The summed E-state index contributed by atoms with van der Waals surface area (Å²) in [6.45, 7) is 0. The highest BCUT2D eigenvalue weighted by atomic mass is 79.9. The van der Waals surface area contributed by atoms with E-state index in [0.29, 0.717) is 17.0 Å². The maximum absolute atomic E-state index is 11.5. The quantitative estimate of drug-likeness (QED) is 0.677. The zero-order valence-electron chi connectivity index (χ0n) is 10.6. The molecule has 0 unspecified atom stereocenters. The fourth-order valence-corrected chi connectivity index (χ4v) is 2.11. The first-order valence-electron chi connectivity index (χ1n) is 5.88. The molecule has 0 atom stereocenters. The number of carbonyl (C=O) groups excluding carboxylic acids is 1. The molecule has 2 heterocycles. The van der Waals surface area contributed by atoms with Crippen molar-refractivity contribution in [3.05, 3.63) is 52.6 Å². The number of aromatic nitrogens is 3. The molecule has 20 heavy (non-hydrogen) atoms. The second kappa shape index (κ2) is 5.05. The molecule has 0 radical (unpaired) electrons. The van der Waals surface area contributed by atoms with Gasteiger partial charge in [0.05, 0.1) is 12.7 Å². The predicted octanol–water partition coefficient (Wildman–Crippen LogP) is 2.95. The Bertz CT molecular complexity index is 781. The van der Waals surface area contributed by atoms with Gasteiger partial charge in [-0.3, -0.25) is 0 Å². The highest BCUT2D eigenvalue weighted by Gasteiger charge is 2.10. The molecule has 2 aromatic heterocycles. The van der Waals surface area contributed by atoms with E-state index in [1.165, 1.54) is 7.11 Å². The van der Waals surface area contributed by atoms with Crippen LogP contribution in [0.3, 0.4) is 0 Å². The molecule has 0 amide bonds. The minimum absolute atomic E-state index is 0.396. The molecule has 1 aromatic carbocycles. The van der Waals surface area contributed by atoms with Crippen molar-refractivity contribution < 1.29 is 9.53 Å². The topological polar surface area (TPSA) is 56.5 Å². The first-order chi connectivity index (χ1) is 9.67. The number of ether oxygens (including phenoxy) is 1. The molecule has 0 N–H and O–H groups in total. The standard InChI is InChI=1S/C14H10BrN3O2/c1-20-14(19)10-4-7-12-16-13(17-18(12)8-10)9-2-5-11(15)6-3-9/h2-8H,1H3. The minimum Gasteiger partial charge on any atom is -0.465 e. The summed E-state index contributed by atoms with van der Waals surface area (Å²) in [5.41, 5.74) is 2.03. The molecular weight excluding hydrogens is 322 g/mol. The fraction of sp³-hybridized carbons (Fsp3) is 0.0714. The molecule has 6 heteroatoms. The van der Waals surface area contributed by atoms with Gasteiger partial charge >= 0.3 is 5.97 Å². The van der Waals surface area contributed by atoms with Crippen LogP contribution < -0.4 is 0 Å². The zero-order valence-corrected chi connectivity index (χ0v) is 12.2. The van der Waals surface area contributed by atoms with E-state index in [2.05, 4.69) is 30.7 Å². The van der Waals surface area contributed by atoms with Crippen LogP contribution in [0.1, 0.15) is 10.4 Å². The second-order valence-electron chi connectivity index (χ2n) is 4.15. The van der Waals surface area contributed by atoms with Gasteiger partial charge < -0.3 is 4.74 Å². The monoisotopic (exact) mass is 331 g/mol. The lowest BCUT2D eigenvalue weighted by Gasteiger charge is -1.98. The summed E-state index contributed by atoms with van der Waals surface area (Å²) in [6, 6.07) is 11.1. The van der Waals surface area contributed by atoms with Crippen LogP contribution in [-0.2, 0) is 4.74 Å². The Morgan fingerprint density at radius 1 is 1.20 bits per heavy atom. The highest BCUT2D eigenvalue weighted by molar-refractivity contribution is 9.10. The molecule has 0 bridgehead atoms. The second-order valence-corrected chi connectivity index (χ2v) is 5.07. The smallest absolute Gasteiger partial charge is 0.339 e. The maximum atomic E-state index is 11.5. The van der Waals surface area contributed by atoms with Crippen molar-refractivity contribution in [2.24, 2.45) is 0 Å². The van der Waals surface area contributed by atoms with Crippen molar-refractivity contribution in [1.82, 2.24) is 14.6 Å². The number of benzene rings is 1. The van der Waals surface area contributed by atoms with Crippen molar-refractivity contribution in [2.75, 3.05) is 7.11 Å². The number of fused-ring (bicyclic) bond motifs is 1. The highest BCUT2D eigenvalue weighted by Crippen LogP contribution is 2.19. The van der Waals surface area contributed by atoms with Gasteiger partial charge in [-0.2, -0.15) is 0 Å². The maximum Gasteiger partial charge on any atom is 0.339 e. The van der Waals surface area contributed by atoms with Crippen LogP contribution in [0, 0.1) is 0 Å². The van der Waals surface area contributed by atoms with Gasteiger partial charge in [-0.05, 0) is 24.3 Å². The molecule has 0 aliphatic heterocycles. The van der Waals surface area contributed by atoms with Gasteiger partial charge in [-0.1, -0.05) is 28.1 Å². The van der Waals surface area contributed by atoms with E-state index >= 15 is 0 Å². The molecule has 0 fully saturated rings. The summed E-state index contributed by atoms with van der Waals surface area (Å²) < 4.78 is 7.26. The Hall–Kier alpha value is -2.21. The lowest BCUT2D eigenvalue weighted by Crippen LogP contribution is -2.03. The molecule has 0 saturated carbocycles. The number of rotatable bonds is 2. The van der Waals surface area contributed by atoms with E-state index in [1.54, 1.807) is 22.8 Å². The van der Waals surface area contributed by atoms with Crippen LogP contribution in [0.2, 0.25) is 0 Å². The van der Waals surface area contributed by atoms with E-state index < -0.39 is 5.97 Å². The summed E-state index contributed by atoms with van der Waals surface area (Å²) in [6.07, 6.45) is 1.61. The van der Waals surface area contributed by atoms with Gasteiger partial charge in [0.15, 0.2) is 11.5 Å². The number of halogens is 1. The number of methoxy groups -OCH3 is 1. The van der Waals surface area contributed by atoms with Crippen molar-refractivity contribution in [2.45, 2.75) is 0 Å². The Kier molecular flexibility index (Phi) is 3.23. The third-order valence-corrected chi connectivity index (χ3v) is 3.38. The van der Waals surface area contributed by atoms with Crippen LogP contribution in [0.5, 0.6) is 0 Å². The zero-order chi connectivity index (χ0) is 14.1. The number of carbonyl (C=O) groups is 1. The summed E-state index contributed by atoms with van der Waals surface area (Å²) in [5, 5.41) is 4.37. The molecule has 0 aliphatic carbocycles. The van der Waals surface area contributed by atoms with E-state index in [-0.39, 0.29) is 0 Å². The number of pyridine rings is 1. The fourth-order valence-electron chi connectivity index (χ4n) is 1.84. The van der Waals surface area contributed by atoms with Crippen LogP contribution in [0.15, 0.2) is 47.1 Å². The van der Waals surface area contributed by atoms with Crippen LogP contribution in [-0.4, -0.2) is 27.7 Å². The molecule has 5 nitrogen and oxygen atoms in total. The molecule has 0 aliphatic rings. The van der Waals surface area contributed by atoms with Gasteiger partial charge in [0.25, 0.3) is 0 Å². The average molecular weight is 332 g/mol. The van der Waals surface area contributed by atoms with Crippen LogP contribution in [0.4, 0.5) is 0 Å². The van der Waals surface area contributed by atoms with Crippen LogP contribution in [0.25, 0.3) is 17.0 Å². The molecule has 100 valence electrons. The van der Waals surface area contributed by atoms with E-state index in [0.717, 1.165) is 10.0 Å². The lowest BCUT2D eigenvalue weighted by molar-refractivity contribution is 0.0600. The van der Waals surface area contributed by atoms with Crippen molar-refractivity contribution in [3.63, 3.8) is 0 Å². The largest absolute Gasteiger partial charge is 0.465 e. The summed E-state index contributed by atoms with van der Waals surface area (Å²) in [4.78, 5) is 15.9. The Morgan fingerprint density at radius 3 is 2.65 bits per heavy atom. The number of nitrogens with zero attached hydrogens (tertiary/aromatic N) is 3. The summed E-state index contributed by atoms with van der Waals surface area (Å²) >= 11 is 3.39. The third kappa shape index (κ3) is 2.30. The van der Waals surface area contributed by atoms with Gasteiger partial charge in [-0.25, -0.2) is 14.3 Å². The van der Waals surface area contributed by atoms with Gasteiger partial charge in [0.2, 0.25) is 0 Å². The molecule has 0 spiro atoms. The lowest BCUT2D eigenvalue weighted by atomic mass is 10.2. The Balaban J connectivity index is 2.06.